The fraction of sp³-hybridized carbons (Fsp3) is 0.556. The lowest BCUT2D eigenvalue weighted by atomic mass is 9.79. The molecule has 1 saturated heterocycles. The van der Waals surface area contributed by atoms with E-state index in [1.165, 1.54) is 5.57 Å². The minimum atomic E-state index is -3.40. The lowest BCUT2D eigenvalue weighted by Gasteiger charge is -2.33. The van der Waals surface area contributed by atoms with Gasteiger partial charge in [0.2, 0.25) is 10.0 Å². The van der Waals surface area contributed by atoms with Gasteiger partial charge in [0.25, 0.3) is 0 Å². The van der Waals surface area contributed by atoms with Crippen molar-refractivity contribution in [3.8, 4) is 0 Å². The average Bonchev–Trinajstić information content (AvgIpc) is 2.71. The molecule has 0 radical (unpaired) electrons. The maximum atomic E-state index is 13.0. The van der Waals surface area contributed by atoms with Gasteiger partial charge in [-0.05, 0) is 51.2 Å². The van der Waals surface area contributed by atoms with E-state index in [0.29, 0.717) is 18.0 Å². The molecule has 1 heterocycles. The number of nitrogens with zero attached hydrogens (tertiary/aromatic N) is 1. The lowest BCUT2D eigenvalue weighted by molar-refractivity contribution is 0.275. The van der Waals surface area contributed by atoms with Crippen molar-refractivity contribution in [1.29, 1.82) is 0 Å². The van der Waals surface area contributed by atoms with Crippen LogP contribution in [0.4, 0.5) is 0 Å². The van der Waals surface area contributed by atoms with Crippen LogP contribution < -0.4 is 0 Å². The zero-order valence-corrected chi connectivity index (χ0v) is 14.2. The van der Waals surface area contributed by atoms with E-state index in [0.717, 1.165) is 44.1 Å². The summed E-state index contributed by atoms with van der Waals surface area (Å²) in [5.74, 6) is 0. The smallest absolute Gasteiger partial charge is 0.207 e. The Balaban J connectivity index is 1.92. The molecule has 2 fully saturated rings. The molecule has 0 bridgehead atoms. The van der Waals surface area contributed by atoms with Gasteiger partial charge in [-0.2, -0.15) is 4.31 Å². The molecule has 22 heavy (non-hydrogen) atoms. The van der Waals surface area contributed by atoms with Crippen molar-refractivity contribution >= 4 is 10.0 Å². The molecule has 1 atom stereocenters. The summed E-state index contributed by atoms with van der Waals surface area (Å²) >= 11 is 0. The van der Waals surface area contributed by atoms with Crippen LogP contribution in [-0.2, 0) is 10.0 Å². The zero-order chi connectivity index (χ0) is 15.8. The summed E-state index contributed by atoms with van der Waals surface area (Å²) < 4.78 is 27.7. The Bertz CT molecular complexity index is 663. The molecule has 1 aromatic rings. The molecule has 1 saturated carbocycles. The predicted octanol–water partition coefficient (Wildman–Crippen LogP) is 3.90. The van der Waals surface area contributed by atoms with Crippen LogP contribution in [0.3, 0.4) is 0 Å². The maximum absolute atomic E-state index is 13.0. The number of aryl methyl sites for hydroxylation is 1. The van der Waals surface area contributed by atoms with E-state index in [1.807, 2.05) is 19.1 Å². The minimum Gasteiger partial charge on any atom is -0.207 e. The Morgan fingerprint density at radius 1 is 1.09 bits per heavy atom. The van der Waals surface area contributed by atoms with E-state index >= 15 is 0 Å². The molecule has 2 aliphatic rings. The molecule has 3 nitrogen and oxygen atoms in total. The first-order chi connectivity index (χ1) is 10.4. The first-order valence-electron chi connectivity index (χ1n) is 8.19. The summed E-state index contributed by atoms with van der Waals surface area (Å²) in [7, 11) is -3.40. The van der Waals surface area contributed by atoms with Crippen LogP contribution in [0.1, 0.15) is 44.1 Å². The summed E-state index contributed by atoms with van der Waals surface area (Å²) in [6, 6.07) is 7.20. The third kappa shape index (κ3) is 2.74. The molecular weight excluding hydrogens is 294 g/mol. The summed E-state index contributed by atoms with van der Waals surface area (Å²) in [5, 5.41) is 0. The molecule has 1 aromatic carbocycles. The van der Waals surface area contributed by atoms with Gasteiger partial charge in [0.1, 0.15) is 0 Å². The highest BCUT2D eigenvalue weighted by atomic mass is 32.2. The van der Waals surface area contributed by atoms with Crippen LogP contribution >= 0.6 is 0 Å². The molecule has 1 aliphatic heterocycles. The van der Waals surface area contributed by atoms with Crippen molar-refractivity contribution in [3.05, 3.63) is 42.0 Å². The van der Waals surface area contributed by atoms with Crippen LogP contribution in [-0.4, -0.2) is 25.8 Å². The third-order valence-corrected chi connectivity index (χ3v) is 7.19. The van der Waals surface area contributed by atoms with Crippen LogP contribution in [0.25, 0.3) is 0 Å². The van der Waals surface area contributed by atoms with Crippen LogP contribution in [0.15, 0.2) is 41.3 Å². The van der Waals surface area contributed by atoms with E-state index < -0.39 is 10.0 Å². The van der Waals surface area contributed by atoms with E-state index in [4.69, 9.17) is 0 Å². The number of rotatable bonds is 2. The van der Waals surface area contributed by atoms with Crippen molar-refractivity contribution in [1.82, 2.24) is 4.31 Å². The van der Waals surface area contributed by atoms with Crippen molar-refractivity contribution in [2.24, 2.45) is 5.41 Å². The van der Waals surface area contributed by atoms with Gasteiger partial charge in [0.15, 0.2) is 0 Å². The second-order valence-corrected chi connectivity index (χ2v) is 8.78. The van der Waals surface area contributed by atoms with Gasteiger partial charge in [-0.3, -0.25) is 0 Å². The van der Waals surface area contributed by atoms with Gasteiger partial charge in [-0.25, -0.2) is 8.42 Å². The van der Waals surface area contributed by atoms with E-state index in [9.17, 15) is 8.42 Å². The fourth-order valence-electron chi connectivity index (χ4n) is 3.89. The normalized spacial score (nSPS) is 27.2. The average molecular weight is 319 g/mol. The molecule has 0 aromatic heterocycles. The van der Waals surface area contributed by atoms with Crippen molar-refractivity contribution in [2.75, 3.05) is 13.1 Å². The van der Waals surface area contributed by atoms with Crippen molar-refractivity contribution in [3.63, 3.8) is 0 Å². The Labute approximate surface area is 134 Å². The van der Waals surface area contributed by atoms with Gasteiger partial charge in [0.05, 0.1) is 4.90 Å². The zero-order valence-electron chi connectivity index (χ0n) is 13.3. The Kier molecular flexibility index (Phi) is 4.17. The highest BCUT2D eigenvalue weighted by Crippen LogP contribution is 2.48. The lowest BCUT2D eigenvalue weighted by Crippen LogP contribution is -2.39. The van der Waals surface area contributed by atoms with Crippen molar-refractivity contribution < 1.29 is 8.42 Å². The highest BCUT2D eigenvalue weighted by Gasteiger charge is 2.42. The maximum Gasteiger partial charge on any atom is 0.243 e. The molecular formula is C18H25NO2S. The monoisotopic (exact) mass is 319 g/mol. The van der Waals surface area contributed by atoms with Gasteiger partial charge in [-0.15, -0.1) is 0 Å². The quantitative estimate of drug-likeness (QED) is 0.775. The number of benzene rings is 1. The second kappa shape index (κ2) is 5.82. The highest BCUT2D eigenvalue weighted by molar-refractivity contribution is 7.89. The first-order valence-corrected chi connectivity index (χ1v) is 9.63. The van der Waals surface area contributed by atoms with Gasteiger partial charge >= 0.3 is 0 Å². The molecule has 1 spiro atoms. The Hall–Kier alpha value is -1.13. The molecule has 0 unspecified atom stereocenters. The molecule has 0 N–H and O–H groups in total. The number of hydrogen-bond donors (Lipinski definition) is 0. The standard InChI is InChI=1S/C18H25NO2S/c1-15-7-9-17(10-8-15)22(20,21)19-13-4-3-11-18(14-19)12-5-6-16(18)2/h7-10H,2-6,11-14H2,1H3/t18-/m0/s1. The molecule has 120 valence electrons. The number of hydrogen-bond acceptors (Lipinski definition) is 2. The largest absolute Gasteiger partial charge is 0.243 e. The van der Waals surface area contributed by atoms with E-state index in [2.05, 4.69) is 6.58 Å². The van der Waals surface area contributed by atoms with Crippen LogP contribution in [0.2, 0.25) is 0 Å². The topological polar surface area (TPSA) is 37.4 Å². The van der Waals surface area contributed by atoms with Gasteiger partial charge < -0.3 is 0 Å². The molecule has 3 rings (SSSR count). The third-order valence-electron chi connectivity index (χ3n) is 5.33. The van der Waals surface area contributed by atoms with E-state index in [-0.39, 0.29) is 5.41 Å². The molecule has 1 aliphatic carbocycles. The second-order valence-electron chi connectivity index (χ2n) is 6.85. The summed E-state index contributed by atoms with van der Waals surface area (Å²) in [6.07, 6.45) is 6.42. The van der Waals surface area contributed by atoms with Crippen molar-refractivity contribution in [2.45, 2.75) is 50.3 Å². The summed E-state index contributed by atoms with van der Waals surface area (Å²) in [4.78, 5) is 0.416. The van der Waals surface area contributed by atoms with Crippen LogP contribution in [0.5, 0.6) is 0 Å². The minimum absolute atomic E-state index is 0.0221. The van der Waals surface area contributed by atoms with E-state index in [1.54, 1.807) is 16.4 Å². The van der Waals surface area contributed by atoms with Gasteiger partial charge in [-0.1, -0.05) is 36.3 Å². The fourth-order valence-corrected chi connectivity index (χ4v) is 5.45. The Morgan fingerprint density at radius 3 is 2.41 bits per heavy atom. The number of sulfonamides is 1. The predicted molar refractivity (Wildman–Crippen MR) is 89.2 cm³/mol. The summed E-state index contributed by atoms with van der Waals surface area (Å²) in [6.45, 7) is 7.47. The SMILES string of the molecule is C=C1CCC[C@]12CCCCN(S(=O)(=O)c1ccc(C)cc1)C2. The first kappa shape index (κ1) is 15.8. The molecule has 0 amide bonds. The summed E-state index contributed by atoms with van der Waals surface area (Å²) in [5.41, 5.74) is 2.36. The Morgan fingerprint density at radius 2 is 1.77 bits per heavy atom. The molecule has 4 heteroatoms. The van der Waals surface area contributed by atoms with Gasteiger partial charge in [0, 0.05) is 18.5 Å². The van der Waals surface area contributed by atoms with Crippen LogP contribution in [0, 0.1) is 12.3 Å².